The van der Waals surface area contributed by atoms with E-state index in [-0.39, 0.29) is 36.8 Å². The molecule has 2 aromatic rings. The van der Waals surface area contributed by atoms with Crippen molar-refractivity contribution in [3.63, 3.8) is 0 Å². The van der Waals surface area contributed by atoms with Crippen LogP contribution in [0.3, 0.4) is 0 Å². The lowest BCUT2D eigenvalue weighted by atomic mass is 9.84. The standard InChI is InChI=1S/C44H60N4O5/c1-10-13-14-15-23(4)18-19-53-37(49)17-16-30-26(7)33-20-31-24(5)28(11-2)35(45-31)21-32-25(6)29(12-3)36(46-32)22-34-27(8)38-42(48-34)39(41(30)47-33)40(43(38)50)44(51)52-9/h18,20-21,26,28,30,40,43,45-48,50H,10-17,19,22H2,1-9H3/b23-18+,33-20-,35-21?,41-39-/t26-,28+,30-,40+,43-/m0/s1. The number of hydrogen-bond donors (Lipinski definition) is 5. The van der Waals surface area contributed by atoms with Gasteiger partial charge in [0.2, 0.25) is 0 Å². The minimum atomic E-state index is -1.07. The molecule has 9 nitrogen and oxygen atoms in total. The zero-order valence-electron chi connectivity index (χ0n) is 33.3. The fourth-order valence-electron chi connectivity index (χ4n) is 9.17. The molecule has 0 aromatic carbocycles. The van der Waals surface area contributed by atoms with Crippen LogP contribution in [0.4, 0.5) is 0 Å². The molecule has 53 heavy (non-hydrogen) atoms. The normalized spacial score (nSPS) is 25.9. The number of aromatic amines is 2. The van der Waals surface area contributed by atoms with Gasteiger partial charge in [0.25, 0.3) is 0 Å². The molecule has 0 spiro atoms. The molecule has 286 valence electrons. The quantitative estimate of drug-likeness (QED) is 0.0844. The maximum absolute atomic E-state index is 13.6. The second kappa shape index (κ2) is 16.0. The first-order chi connectivity index (χ1) is 25.4. The molecule has 1 aliphatic carbocycles. The maximum Gasteiger partial charge on any atom is 0.316 e. The fourth-order valence-corrected chi connectivity index (χ4v) is 9.17. The topological polar surface area (TPSA) is 128 Å². The number of aliphatic hydroxyl groups is 1. The van der Waals surface area contributed by atoms with Crippen molar-refractivity contribution >= 4 is 23.6 Å². The number of carbonyl (C=O) groups excluding carboxylic acids is 2. The van der Waals surface area contributed by atoms with Crippen LogP contribution >= 0.6 is 0 Å². The Morgan fingerprint density at radius 1 is 0.981 bits per heavy atom. The van der Waals surface area contributed by atoms with Crippen LogP contribution in [0, 0.1) is 37.5 Å². The first-order valence-electron chi connectivity index (χ1n) is 19.8. The van der Waals surface area contributed by atoms with Crippen molar-refractivity contribution in [1.29, 1.82) is 0 Å². The molecular formula is C44H60N4O5. The number of esters is 2. The van der Waals surface area contributed by atoms with Crippen molar-refractivity contribution in [1.82, 2.24) is 20.6 Å². The Morgan fingerprint density at radius 3 is 2.45 bits per heavy atom. The van der Waals surface area contributed by atoms with E-state index in [1.165, 1.54) is 47.9 Å². The number of fused-ring (bicyclic) bond motifs is 7. The van der Waals surface area contributed by atoms with Crippen molar-refractivity contribution in [2.45, 2.75) is 119 Å². The lowest BCUT2D eigenvalue weighted by Gasteiger charge is -2.21. The number of H-pyrrole nitrogens is 2. The molecular weight excluding hydrogens is 665 g/mol. The van der Waals surface area contributed by atoms with Crippen LogP contribution in [0.5, 0.6) is 0 Å². The summed E-state index contributed by atoms with van der Waals surface area (Å²) in [5.74, 6) is -1.53. The number of carbonyl (C=O) groups is 2. The summed E-state index contributed by atoms with van der Waals surface area (Å²) in [6.07, 6.45) is 13.2. The molecule has 4 aliphatic rings. The van der Waals surface area contributed by atoms with Gasteiger partial charge in [-0.05, 0) is 100 Å². The molecule has 5 heterocycles. The van der Waals surface area contributed by atoms with Crippen LogP contribution in [0.2, 0.25) is 0 Å². The van der Waals surface area contributed by atoms with E-state index in [4.69, 9.17) is 9.47 Å². The van der Waals surface area contributed by atoms with Gasteiger partial charge in [0.05, 0.1) is 18.9 Å². The van der Waals surface area contributed by atoms with E-state index in [1.807, 2.05) is 13.0 Å². The zero-order chi connectivity index (χ0) is 38.1. The molecule has 8 bridgehead atoms. The summed E-state index contributed by atoms with van der Waals surface area (Å²) in [4.78, 5) is 34.2. The Bertz CT molecular complexity index is 1920. The number of hydrogen-bond acceptors (Lipinski definition) is 7. The molecule has 5 atom stereocenters. The van der Waals surface area contributed by atoms with Crippen molar-refractivity contribution in [3.05, 3.63) is 91.1 Å². The third kappa shape index (κ3) is 7.21. The summed E-state index contributed by atoms with van der Waals surface area (Å²) < 4.78 is 11.0. The molecule has 0 radical (unpaired) electrons. The predicted molar refractivity (Wildman–Crippen MR) is 210 cm³/mol. The van der Waals surface area contributed by atoms with Crippen LogP contribution < -0.4 is 10.6 Å². The summed E-state index contributed by atoms with van der Waals surface area (Å²) in [6, 6.07) is 0. The number of nitrogens with one attached hydrogen (secondary N) is 4. The average Bonchev–Trinajstić information content (AvgIpc) is 3.87. The number of allylic oxidation sites excluding steroid dienone is 5. The Kier molecular flexibility index (Phi) is 11.6. The van der Waals surface area contributed by atoms with Crippen molar-refractivity contribution in [2.24, 2.45) is 23.7 Å². The van der Waals surface area contributed by atoms with Crippen LogP contribution in [0.1, 0.15) is 138 Å². The Labute approximate surface area is 315 Å². The second-order valence-electron chi connectivity index (χ2n) is 15.6. The van der Waals surface area contributed by atoms with Crippen LogP contribution in [0.25, 0.3) is 11.6 Å². The number of rotatable bonds is 12. The van der Waals surface area contributed by atoms with Gasteiger partial charge >= 0.3 is 11.9 Å². The van der Waals surface area contributed by atoms with Gasteiger partial charge in [0, 0.05) is 81.6 Å². The Hall–Kier alpha value is -4.24. The van der Waals surface area contributed by atoms with Crippen LogP contribution in [0.15, 0.2) is 46.1 Å². The molecule has 6 rings (SSSR count). The molecule has 5 N–H and O–H groups in total. The highest BCUT2D eigenvalue weighted by Crippen LogP contribution is 2.52. The molecule has 0 saturated carbocycles. The highest BCUT2D eigenvalue weighted by Gasteiger charge is 2.48. The number of aromatic nitrogens is 2. The van der Waals surface area contributed by atoms with Crippen LogP contribution in [-0.2, 0) is 31.9 Å². The minimum Gasteiger partial charge on any atom is -0.468 e. The molecule has 2 aromatic heterocycles. The van der Waals surface area contributed by atoms with Crippen molar-refractivity contribution < 1.29 is 24.2 Å². The number of ether oxygens (including phenoxy) is 2. The van der Waals surface area contributed by atoms with Crippen molar-refractivity contribution in [3.8, 4) is 0 Å². The van der Waals surface area contributed by atoms with Gasteiger partial charge in [-0.25, -0.2) is 0 Å². The molecule has 0 amide bonds. The monoisotopic (exact) mass is 724 g/mol. The second-order valence-corrected chi connectivity index (χ2v) is 15.6. The number of aliphatic hydroxyl groups excluding tert-OH is 1. The summed E-state index contributed by atoms with van der Waals surface area (Å²) in [5.41, 5.74) is 15.6. The highest BCUT2D eigenvalue weighted by atomic mass is 16.5. The van der Waals surface area contributed by atoms with Gasteiger partial charge in [0.15, 0.2) is 0 Å². The van der Waals surface area contributed by atoms with Crippen molar-refractivity contribution in [2.75, 3.05) is 13.7 Å². The number of methoxy groups -OCH3 is 1. The minimum absolute atomic E-state index is 0.00758. The summed E-state index contributed by atoms with van der Waals surface area (Å²) in [5, 5.41) is 19.5. The van der Waals surface area contributed by atoms with E-state index >= 15 is 0 Å². The average molecular weight is 725 g/mol. The lowest BCUT2D eigenvalue weighted by molar-refractivity contribution is -0.146. The molecule has 9 heteroatoms. The van der Waals surface area contributed by atoms with E-state index < -0.39 is 18.0 Å². The van der Waals surface area contributed by atoms with Crippen LogP contribution in [-0.4, -0.2) is 40.7 Å². The van der Waals surface area contributed by atoms with E-state index in [0.29, 0.717) is 12.8 Å². The van der Waals surface area contributed by atoms with Gasteiger partial charge in [-0.1, -0.05) is 46.1 Å². The summed E-state index contributed by atoms with van der Waals surface area (Å²) in [7, 11) is 1.37. The summed E-state index contributed by atoms with van der Waals surface area (Å²) in [6.45, 7) is 17.6. The Morgan fingerprint density at radius 2 is 1.75 bits per heavy atom. The largest absolute Gasteiger partial charge is 0.468 e. The molecule has 0 unspecified atom stereocenters. The van der Waals surface area contributed by atoms with E-state index in [2.05, 4.69) is 81.2 Å². The van der Waals surface area contributed by atoms with E-state index in [9.17, 15) is 14.7 Å². The van der Waals surface area contributed by atoms with Gasteiger partial charge in [-0.3, -0.25) is 9.59 Å². The highest BCUT2D eigenvalue weighted by molar-refractivity contribution is 5.94. The number of unbranched alkanes of at least 4 members (excludes halogenated alkanes) is 2. The predicted octanol–water partition coefficient (Wildman–Crippen LogP) is 8.51. The first-order valence-corrected chi connectivity index (χ1v) is 19.8. The third-order valence-electron chi connectivity index (χ3n) is 12.4. The van der Waals surface area contributed by atoms with Gasteiger partial charge < -0.3 is 35.2 Å². The Balaban J connectivity index is 1.45. The lowest BCUT2D eigenvalue weighted by Crippen LogP contribution is -2.24. The fraction of sp³-hybridized carbons (Fsp3) is 0.545. The molecule has 1 fully saturated rings. The first kappa shape index (κ1) is 38.5. The van der Waals surface area contributed by atoms with E-state index in [0.717, 1.165) is 82.3 Å². The van der Waals surface area contributed by atoms with E-state index in [1.54, 1.807) is 0 Å². The van der Waals surface area contributed by atoms with Gasteiger partial charge in [-0.2, -0.15) is 0 Å². The SMILES string of the molecule is CCCCC/C(C)=C/COC(=O)CC[C@@H]1/C2=C3/c4[nH]c(c(C)c4[C@H](O)[C@@H]3C(=O)OC)Cc3[nH]c(c(C)c3CC)C=C3NC(=C(C)[C@H]3CC)/C=C(\N2)[C@H]1C. The van der Waals surface area contributed by atoms with Gasteiger partial charge in [-0.15, -0.1) is 0 Å². The molecule has 3 aliphatic heterocycles. The zero-order valence-corrected chi connectivity index (χ0v) is 33.3. The summed E-state index contributed by atoms with van der Waals surface area (Å²) >= 11 is 0. The third-order valence-corrected chi connectivity index (χ3v) is 12.4. The van der Waals surface area contributed by atoms with Gasteiger partial charge in [0.1, 0.15) is 12.5 Å². The smallest absolute Gasteiger partial charge is 0.316 e. The maximum atomic E-state index is 13.6. The molecule has 1 saturated heterocycles.